The molecule has 20 heavy (non-hydrogen) atoms. The standard InChI is InChI=1S/C17H24O3/c1-6-19-16-13(18)10-15(16)20-14-8-7-11(2)9-12(14)17(3,4)5/h7-9,15-16H,6,10H2,1-5H3. The largest absolute Gasteiger partial charge is 0.486 e. The molecule has 1 aromatic carbocycles. The van der Waals surface area contributed by atoms with Crippen molar-refractivity contribution in [3.63, 3.8) is 0 Å². The first-order valence-corrected chi connectivity index (χ1v) is 7.25. The maximum absolute atomic E-state index is 11.6. The molecule has 0 aromatic heterocycles. The summed E-state index contributed by atoms with van der Waals surface area (Å²) in [5.41, 5.74) is 2.40. The van der Waals surface area contributed by atoms with Crippen LogP contribution in [-0.2, 0) is 14.9 Å². The van der Waals surface area contributed by atoms with Gasteiger partial charge in [-0.1, -0.05) is 38.5 Å². The third kappa shape index (κ3) is 3.04. The molecule has 0 saturated heterocycles. The zero-order chi connectivity index (χ0) is 14.9. The van der Waals surface area contributed by atoms with Crippen molar-refractivity contribution in [1.29, 1.82) is 0 Å². The van der Waals surface area contributed by atoms with Crippen LogP contribution in [0.1, 0.15) is 45.2 Å². The molecule has 1 saturated carbocycles. The first-order valence-electron chi connectivity index (χ1n) is 7.25. The Bertz CT molecular complexity index is 499. The van der Waals surface area contributed by atoms with Gasteiger partial charge >= 0.3 is 0 Å². The smallest absolute Gasteiger partial charge is 0.169 e. The van der Waals surface area contributed by atoms with Crippen molar-refractivity contribution in [2.75, 3.05) is 6.61 Å². The van der Waals surface area contributed by atoms with Gasteiger partial charge in [-0.15, -0.1) is 0 Å². The molecule has 0 heterocycles. The molecule has 3 heteroatoms. The summed E-state index contributed by atoms with van der Waals surface area (Å²) in [6.07, 6.45) is -0.0948. The third-order valence-corrected chi connectivity index (χ3v) is 3.63. The molecule has 3 nitrogen and oxygen atoms in total. The van der Waals surface area contributed by atoms with E-state index in [-0.39, 0.29) is 17.3 Å². The molecule has 1 aromatic rings. The minimum absolute atomic E-state index is 0.0101. The average Bonchev–Trinajstić information content (AvgIpc) is 2.36. The van der Waals surface area contributed by atoms with E-state index in [1.54, 1.807) is 0 Å². The van der Waals surface area contributed by atoms with Crippen LogP contribution in [0.3, 0.4) is 0 Å². The number of benzene rings is 1. The summed E-state index contributed by atoms with van der Waals surface area (Å²) in [4.78, 5) is 11.6. The highest BCUT2D eigenvalue weighted by molar-refractivity contribution is 5.90. The summed E-state index contributed by atoms with van der Waals surface area (Å²) in [7, 11) is 0. The fourth-order valence-electron chi connectivity index (χ4n) is 2.45. The van der Waals surface area contributed by atoms with E-state index in [2.05, 4.69) is 33.8 Å². The quantitative estimate of drug-likeness (QED) is 0.845. The molecule has 0 aliphatic heterocycles. The number of carbonyl (C=O) groups is 1. The van der Waals surface area contributed by atoms with Gasteiger partial charge in [0.05, 0.1) is 0 Å². The van der Waals surface area contributed by atoms with Crippen LogP contribution < -0.4 is 4.74 Å². The van der Waals surface area contributed by atoms with Crippen LogP contribution in [0.2, 0.25) is 0 Å². The SMILES string of the molecule is CCOC1C(=O)CC1Oc1ccc(C)cc1C(C)(C)C. The van der Waals surface area contributed by atoms with Crippen LogP contribution in [0.25, 0.3) is 0 Å². The highest BCUT2D eigenvalue weighted by Gasteiger charge is 2.43. The Morgan fingerprint density at radius 1 is 1.30 bits per heavy atom. The lowest BCUT2D eigenvalue weighted by atomic mass is 9.85. The number of rotatable bonds is 4. The van der Waals surface area contributed by atoms with Crippen LogP contribution in [0, 0.1) is 6.92 Å². The van der Waals surface area contributed by atoms with E-state index >= 15 is 0 Å². The molecule has 1 fully saturated rings. The minimum atomic E-state index is -0.394. The van der Waals surface area contributed by atoms with Gasteiger partial charge in [0.15, 0.2) is 11.9 Å². The average molecular weight is 276 g/mol. The molecule has 0 spiro atoms. The van der Waals surface area contributed by atoms with Crippen molar-refractivity contribution in [2.45, 2.75) is 58.7 Å². The molecule has 2 atom stereocenters. The maximum Gasteiger partial charge on any atom is 0.169 e. The van der Waals surface area contributed by atoms with Crippen LogP contribution in [0.15, 0.2) is 18.2 Å². The fourth-order valence-corrected chi connectivity index (χ4v) is 2.45. The molecular formula is C17H24O3. The summed E-state index contributed by atoms with van der Waals surface area (Å²) in [5.74, 6) is 1.01. The van der Waals surface area contributed by atoms with Crippen molar-refractivity contribution >= 4 is 5.78 Å². The van der Waals surface area contributed by atoms with E-state index in [9.17, 15) is 4.79 Å². The first-order chi connectivity index (χ1) is 9.32. The highest BCUT2D eigenvalue weighted by Crippen LogP contribution is 2.35. The molecule has 0 N–H and O–H groups in total. The molecule has 2 rings (SSSR count). The summed E-state index contributed by atoms with van der Waals surface area (Å²) < 4.78 is 11.5. The van der Waals surface area contributed by atoms with Gasteiger partial charge < -0.3 is 9.47 Å². The Morgan fingerprint density at radius 3 is 2.55 bits per heavy atom. The van der Waals surface area contributed by atoms with Crippen molar-refractivity contribution in [1.82, 2.24) is 0 Å². The predicted molar refractivity (Wildman–Crippen MR) is 79.3 cm³/mol. The Hall–Kier alpha value is -1.35. The van der Waals surface area contributed by atoms with E-state index in [1.807, 2.05) is 19.1 Å². The molecular weight excluding hydrogens is 252 g/mol. The zero-order valence-electron chi connectivity index (χ0n) is 13.0. The van der Waals surface area contributed by atoms with Gasteiger partial charge in [0.2, 0.25) is 0 Å². The van der Waals surface area contributed by atoms with Crippen LogP contribution >= 0.6 is 0 Å². The molecule has 110 valence electrons. The lowest BCUT2D eigenvalue weighted by Crippen LogP contribution is -2.52. The number of hydrogen-bond donors (Lipinski definition) is 0. The number of aryl methyl sites for hydroxylation is 1. The van der Waals surface area contributed by atoms with E-state index in [1.165, 1.54) is 11.1 Å². The lowest BCUT2D eigenvalue weighted by molar-refractivity contribution is -0.154. The van der Waals surface area contributed by atoms with E-state index in [0.717, 1.165) is 5.75 Å². The maximum atomic E-state index is 11.6. The number of ether oxygens (including phenoxy) is 2. The van der Waals surface area contributed by atoms with Gasteiger partial charge in [-0.2, -0.15) is 0 Å². The Labute approximate surface area is 121 Å². The van der Waals surface area contributed by atoms with Crippen LogP contribution in [-0.4, -0.2) is 24.6 Å². The van der Waals surface area contributed by atoms with Gasteiger partial charge in [0.1, 0.15) is 11.9 Å². The molecule has 2 unspecified atom stereocenters. The topological polar surface area (TPSA) is 35.5 Å². The van der Waals surface area contributed by atoms with Gasteiger partial charge in [-0.25, -0.2) is 0 Å². The van der Waals surface area contributed by atoms with Crippen molar-refractivity contribution in [3.8, 4) is 5.75 Å². The first kappa shape index (κ1) is 15.0. The highest BCUT2D eigenvalue weighted by atomic mass is 16.5. The van der Waals surface area contributed by atoms with E-state index in [0.29, 0.717) is 13.0 Å². The minimum Gasteiger partial charge on any atom is -0.486 e. The molecule has 0 amide bonds. The summed E-state index contributed by atoms with van der Waals surface area (Å²) in [6.45, 7) is 11.0. The van der Waals surface area contributed by atoms with Crippen LogP contribution in [0.5, 0.6) is 5.75 Å². The Balaban J connectivity index is 2.20. The number of Topliss-reactive ketones (excluding diaryl/α,β-unsaturated/α-hetero) is 1. The predicted octanol–water partition coefficient (Wildman–Crippen LogP) is 3.42. The van der Waals surface area contributed by atoms with Gasteiger partial charge in [0, 0.05) is 13.0 Å². The van der Waals surface area contributed by atoms with Gasteiger partial charge in [0.25, 0.3) is 0 Å². The number of hydrogen-bond acceptors (Lipinski definition) is 3. The number of carbonyl (C=O) groups excluding carboxylic acids is 1. The van der Waals surface area contributed by atoms with Crippen molar-refractivity contribution in [2.24, 2.45) is 0 Å². The summed E-state index contributed by atoms with van der Waals surface area (Å²) in [5, 5.41) is 0. The van der Waals surface area contributed by atoms with Crippen LogP contribution in [0.4, 0.5) is 0 Å². The van der Waals surface area contributed by atoms with Crippen molar-refractivity contribution < 1.29 is 14.3 Å². The lowest BCUT2D eigenvalue weighted by Gasteiger charge is -2.36. The van der Waals surface area contributed by atoms with Gasteiger partial charge in [-0.05, 0) is 30.9 Å². The van der Waals surface area contributed by atoms with Gasteiger partial charge in [-0.3, -0.25) is 4.79 Å². The molecule has 1 aliphatic rings. The third-order valence-electron chi connectivity index (χ3n) is 3.63. The zero-order valence-corrected chi connectivity index (χ0v) is 13.0. The Kier molecular flexibility index (Phi) is 4.19. The molecule has 0 bridgehead atoms. The second-order valence-corrected chi connectivity index (χ2v) is 6.45. The Morgan fingerprint density at radius 2 is 2.00 bits per heavy atom. The van der Waals surface area contributed by atoms with E-state index in [4.69, 9.17) is 9.47 Å². The molecule has 0 radical (unpaired) electrons. The fraction of sp³-hybridized carbons (Fsp3) is 0.588. The van der Waals surface area contributed by atoms with Crippen molar-refractivity contribution in [3.05, 3.63) is 29.3 Å². The second kappa shape index (κ2) is 5.57. The normalized spacial score (nSPS) is 22.6. The molecule has 1 aliphatic carbocycles. The monoisotopic (exact) mass is 276 g/mol. The summed E-state index contributed by atoms with van der Waals surface area (Å²) >= 11 is 0. The second-order valence-electron chi connectivity index (χ2n) is 6.45. The summed E-state index contributed by atoms with van der Waals surface area (Å²) in [6, 6.07) is 6.20. The number of ketones is 1. The van der Waals surface area contributed by atoms with E-state index < -0.39 is 6.10 Å².